The molecule has 0 saturated heterocycles. The Kier molecular flexibility index (Phi) is 3.98. The van der Waals surface area contributed by atoms with Crippen molar-refractivity contribution in [3.05, 3.63) is 24.0 Å². The third-order valence-corrected chi connectivity index (χ3v) is 1.64. The zero-order valence-corrected chi connectivity index (χ0v) is 9.85. The van der Waals surface area contributed by atoms with Gasteiger partial charge in [-0.15, -0.1) is 0 Å². The summed E-state index contributed by atoms with van der Waals surface area (Å²) in [6, 6.07) is 0. The second kappa shape index (κ2) is 5.07. The van der Waals surface area contributed by atoms with Crippen LogP contribution in [0, 0.1) is 0 Å². The molecule has 0 aliphatic heterocycles. The quantitative estimate of drug-likeness (QED) is 0.606. The molecule has 0 amide bonds. The summed E-state index contributed by atoms with van der Waals surface area (Å²) in [5.41, 5.74) is -0.162. The highest BCUT2D eigenvalue weighted by Crippen LogP contribution is 2.11. The third-order valence-electron chi connectivity index (χ3n) is 1.64. The second-order valence-electron chi connectivity index (χ2n) is 4.40. The van der Waals surface area contributed by atoms with Gasteiger partial charge in [0.15, 0.2) is 0 Å². The average Bonchev–Trinajstić information content (AvgIpc) is 2.60. The molecule has 0 fully saturated rings. The molecule has 1 aromatic rings. The monoisotopic (exact) mass is 244 g/mol. The van der Waals surface area contributed by atoms with E-state index in [1.807, 2.05) is 0 Å². The minimum atomic E-state index is -2.68. The van der Waals surface area contributed by atoms with Crippen LogP contribution in [0.4, 0.5) is 8.78 Å². The number of hydrogen-bond acceptors (Lipinski definition) is 3. The summed E-state index contributed by atoms with van der Waals surface area (Å²) in [6.45, 7) is 2.55. The number of carbonyl (C=O) groups is 1. The minimum absolute atomic E-state index is 0.413. The Hall–Kier alpha value is -1.72. The molecule has 6 heteroatoms. The van der Waals surface area contributed by atoms with E-state index in [9.17, 15) is 13.6 Å². The van der Waals surface area contributed by atoms with Gasteiger partial charge in [-0.05, 0) is 26.8 Å². The maximum atomic E-state index is 12.2. The Labute approximate surface area is 97.9 Å². The zero-order valence-electron chi connectivity index (χ0n) is 9.85. The van der Waals surface area contributed by atoms with Crippen molar-refractivity contribution in [1.29, 1.82) is 0 Å². The molecule has 0 spiro atoms. The van der Waals surface area contributed by atoms with Crippen molar-refractivity contribution in [2.24, 2.45) is 0 Å². The fourth-order valence-electron chi connectivity index (χ4n) is 1.05. The zero-order chi connectivity index (χ0) is 13.1. The Bertz CT molecular complexity index is 419. The largest absolute Gasteiger partial charge is 0.457 e. The summed E-state index contributed by atoms with van der Waals surface area (Å²) in [7, 11) is 0. The van der Waals surface area contributed by atoms with E-state index >= 15 is 0 Å². The average molecular weight is 244 g/mol. The van der Waals surface area contributed by atoms with Crippen molar-refractivity contribution < 1.29 is 18.3 Å². The van der Waals surface area contributed by atoms with Gasteiger partial charge in [0, 0.05) is 17.8 Å². The van der Waals surface area contributed by atoms with Crippen LogP contribution >= 0.6 is 0 Å². The molecule has 1 heterocycles. The van der Waals surface area contributed by atoms with Gasteiger partial charge in [0.05, 0.1) is 6.20 Å². The van der Waals surface area contributed by atoms with Crippen molar-refractivity contribution in [2.75, 3.05) is 0 Å². The maximum Gasteiger partial charge on any atom is 0.333 e. The predicted molar refractivity (Wildman–Crippen MR) is 58.4 cm³/mol. The number of ether oxygens (including phenoxy) is 1. The van der Waals surface area contributed by atoms with E-state index in [4.69, 9.17) is 4.74 Å². The minimum Gasteiger partial charge on any atom is -0.457 e. The number of aromatic nitrogens is 2. The molecule has 0 unspecified atom stereocenters. The van der Waals surface area contributed by atoms with Crippen LogP contribution < -0.4 is 0 Å². The molecular formula is C11H14F2N2O2. The molecule has 0 atom stereocenters. The lowest BCUT2D eigenvalue weighted by molar-refractivity contribution is -0.148. The summed E-state index contributed by atoms with van der Waals surface area (Å²) < 4.78 is 29.9. The molecule has 0 radical (unpaired) electrons. The van der Waals surface area contributed by atoms with Crippen molar-refractivity contribution in [2.45, 2.75) is 32.9 Å². The standard InChI is InChI=1S/C11H14F2N2O2/c1-11(2,3)17-9(16)5-4-8-6-14-15(7-8)10(12)13/h4-7,10H,1-3H3/b5-4+. The van der Waals surface area contributed by atoms with Gasteiger partial charge in [-0.25, -0.2) is 9.48 Å². The molecule has 17 heavy (non-hydrogen) atoms. The lowest BCUT2D eigenvalue weighted by Gasteiger charge is -2.17. The lowest BCUT2D eigenvalue weighted by atomic mass is 10.2. The molecule has 0 bridgehead atoms. The molecule has 0 N–H and O–H groups in total. The molecule has 94 valence electrons. The topological polar surface area (TPSA) is 44.1 Å². The highest BCUT2D eigenvalue weighted by atomic mass is 19.3. The van der Waals surface area contributed by atoms with Gasteiger partial charge in [-0.2, -0.15) is 13.9 Å². The van der Waals surface area contributed by atoms with E-state index in [1.54, 1.807) is 20.8 Å². The van der Waals surface area contributed by atoms with Crippen LogP contribution in [0.1, 0.15) is 32.9 Å². The van der Waals surface area contributed by atoms with Crippen LogP contribution in [0.15, 0.2) is 18.5 Å². The highest BCUT2D eigenvalue weighted by Gasteiger charge is 2.14. The van der Waals surface area contributed by atoms with Crippen LogP contribution in [0.3, 0.4) is 0 Å². The van der Waals surface area contributed by atoms with Crippen molar-refractivity contribution in [3.63, 3.8) is 0 Å². The molecule has 0 saturated carbocycles. The van der Waals surface area contributed by atoms with Crippen LogP contribution in [-0.2, 0) is 9.53 Å². The molecule has 0 aliphatic carbocycles. The number of alkyl halides is 2. The number of halogens is 2. The summed E-state index contributed by atoms with van der Waals surface area (Å²) >= 11 is 0. The van der Waals surface area contributed by atoms with E-state index in [1.165, 1.54) is 18.3 Å². The van der Waals surface area contributed by atoms with Gasteiger partial charge >= 0.3 is 12.5 Å². The van der Waals surface area contributed by atoms with E-state index in [0.29, 0.717) is 10.2 Å². The fourth-order valence-corrected chi connectivity index (χ4v) is 1.05. The van der Waals surface area contributed by atoms with Crippen molar-refractivity contribution >= 4 is 12.0 Å². The first-order valence-corrected chi connectivity index (χ1v) is 5.01. The summed E-state index contributed by atoms with van der Waals surface area (Å²) in [4.78, 5) is 11.3. The second-order valence-corrected chi connectivity index (χ2v) is 4.40. The van der Waals surface area contributed by atoms with Crippen LogP contribution in [-0.4, -0.2) is 21.4 Å². The van der Waals surface area contributed by atoms with E-state index in [2.05, 4.69) is 5.10 Å². The number of esters is 1. The van der Waals surface area contributed by atoms with Gasteiger partial charge in [0.1, 0.15) is 5.60 Å². The van der Waals surface area contributed by atoms with Crippen molar-refractivity contribution in [3.8, 4) is 0 Å². The normalized spacial score (nSPS) is 12.4. The van der Waals surface area contributed by atoms with E-state index in [-0.39, 0.29) is 0 Å². The van der Waals surface area contributed by atoms with Crippen LogP contribution in [0.5, 0.6) is 0 Å². The van der Waals surface area contributed by atoms with Gasteiger partial charge in [0.2, 0.25) is 0 Å². The molecule has 1 aromatic heterocycles. The first kappa shape index (κ1) is 13.3. The summed E-state index contributed by atoms with van der Waals surface area (Å²) in [5, 5.41) is 3.43. The van der Waals surface area contributed by atoms with Gasteiger partial charge in [-0.1, -0.05) is 0 Å². The fraction of sp³-hybridized carbons (Fsp3) is 0.455. The number of hydrogen-bond donors (Lipinski definition) is 0. The first-order chi connectivity index (χ1) is 7.78. The molecule has 0 aromatic carbocycles. The molecule has 0 aliphatic rings. The molecular weight excluding hydrogens is 230 g/mol. The molecule has 1 rings (SSSR count). The number of carbonyl (C=O) groups excluding carboxylic acids is 1. The Morgan fingerprint density at radius 3 is 2.65 bits per heavy atom. The van der Waals surface area contributed by atoms with Gasteiger partial charge in [0.25, 0.3) is 0 Å². The SMILES string of the molecule is CC(C)(C)OC(=O)/C=C/c1cnn(C(F)F)c1. The molecule has 4 nitrogen and oxygen atoms in total. The number of nitrogens with zero attached hydrogens (tertiary/aromatic N) is 2. The van der Waals surface area contributed by atoms with Gasteiger partial charge in [-0.3, -0.25) is 0 Å². The smallest absolute Gasteiger partial charge is 0.333 e. The summed E-state index contributed by atoms with van der Waals surface area (Å²) in [5.74, 6) is -0.526. The third kappa shape index (κ3) is 4.76. The predicted octanol–water partition coefficient (Wildman–Crippen LogP) is 2.63. The van der Waals surface area contributed by atoms with Crippen LogP contribution in [0.2, 0.25) is 0 Å². The van der Waals surface area contributed by atoms with Crippen molar-refractivity contribution in [1.82, 2.24) is 9.78 Å². The maximum absolute atomic E-state index is 12.2. The van der Waals surface area contributed by atoms with Gasteiger partial charge < -0.3 is 4.74 Å². The highest BCUT2D eigenvalue weighted by molar-refractivity contribution is 5.87. The first-order valence-electron chi connectivity index (χ1n) is 5.01. The lowest BCUT2D eigenvalue weighted by Crippen LogP contribution is -2.22. The van der Waals surface area contributed by atoms with Crippen LogP contribution in [0.25, 0.3) is 6.08 Å². The van der Waals surface area contributed by atoms with E-state index < -0.39 is 18.1 Å². The van der Waals surface area contributed by atoms with E-state index in [0.717, 1.165) is 6.20 Å². The Balaban J connectivity index is 2.61. The Morgan fingerprint density at radius 1 is 1.53 bits per heavy atom. The Morgan fingerprint density at radius 2 is 2.18 bits per heavy atom. The number of rotatable bonds is 3. The summed E-state index contributed by atoms with van der Waals surface area (Å²) in [6.07, 6.45) is 4.94.